The summed E-state index contributed by atoms with van der Waals surface area (Å²) < 4.78 is 23.3. The molecule has 25 heavy (non-hydrogen) atoms. The van der Waals surface area contributed by atoms with Crippen molar-refractivity contribution in [3.05, 3.63) is 29.3 Å². The van der Waals surface area contributed by atoms with Crippen LogP contribution in [0.5, 0.6) is 0 Å². The Morgan fingerprint density at radius 1 is 1.24 bits per heavy atom. The molecule has 0 heterocycles. The van der Waals surface area contributed by atoms with Gasteiger partial charge in [0.25, 0.3) is 0 Å². The Labute approximate surface area is 169 Å². The minimum Gasteiger partial charge on any atom is -0.357 e. The van der Waals surface area contributed by atoms with Crippen molar-refractivity contribution < 1.29 is 8.42 Å². The summed E-state index contributed by atoms with van der Waals surface area (Å²) in [7, 11) is 0.938. The molecule has 2 N–H and O–H groups in total. The molecule has 144 valence electrons. The van der Waals surface area contributed by atoms with Gasteiger partial charge in [-0.1, -0.05) is 12.1 Å². The van der Waals surface area contributed by atoms with Gasteiger partial charge in [-0.25, -0.2) is 13.4 Å². The Kier molecular flexibility index (Phi) is 11.3. The second kappa shape index (κ2) is 11.7. The predicted molar refractivity (Wildman–Crippen MR) is 116 cm³/mol. The third-order valence-electron chi connectivity index (χ3n) is 3.48. The molecular formula is C17H31IN4O2S. The number of guanidine groups is 1. The number of halogens is 1. The molecule has 1 aromatic carbocycles. The molecule has 0 aromatic heterocycles. The van der Waals surface area contributed by atoms with E-state index in [4.69, 9.17) is 0 Å². The van der Waals surface area contributed by atoms with E-state index in [1.165, 1.54) is 6.26 Å². The van der Waals surface area contributed by atoms with Crippen LogP contribution in [-0.4, -0.2) is 59.3 Å². The summed E-state index contributed by atoms with van der Waals surface area (Å²) in [5, 5.41) is 6.53. The van der Waals surface area contributed by atoms with Crippen LogP contribution in [-0.2, 0) is 16.4 Å². The summed E-state index contributed by atoms with van der Waals surface area (Å²) in [6.07, 6.45) is 2.27. The van der Waals surface area contributed by atoms with Gasteiger partial charge in [-0.15, -0.1) is 24.0 Å². The highest BCUT2D eigenvalue weighted by Gasteiger charge is 2.10. The maximum atomic E-state index is 11.7. The smallest absolute Gasteiger partial charge is 0.191 e. The van der Waals surface area contributed by atoms with Gasteiger partial charge in [0.05, 0.1) is 11.4 Å². The van der Waals surface area contributed by atoms with Crippen LogP contribution in [0, 0.1) is 6.92 Å². The molecule has 0 fully saturated rings. The van der Waals surface area contributed by atoms with E-state index in [-0.39, 0.29) is 24.0 Å². The first-order valence-electron chi connectivity index (χ1n) is 8.20. The summed E-state index contributed by atoms with van der Waals surface area (Å²) in [6.45, 7) is 7.03. The zero-order valence-corrected chi connectivity index (χ0v) is 18.9. The molecule has 6 nitrogen and oxygen atoms in total. The lowest BCUT2D eigenvalue weighted by atomic mass is 10.1. The predicted octanol–water partition coefficient (Wildman–Crippen LogP) is 2.02. The second-order valence-electron chi connectivity index (χ2n) is 6.15. The van der Waals surface area contributed by atoms with Crippen LogP contribution in [0.2, 0.25) is 0 Å². The van der Waals surface area contributed by atoms with Crippen molar-refractivity contribution in [3.63, 3.8) is 0 Å². The Morgan fingerprint density at radius 3 is 2.44 bits per heavy atom. The van der Waals surface area contributed by atoms with E-state index in [1.54, 1.807) is 6.07 Å². The van der Waals surface area contributed by atoms with Crippen molar-refractivity contribution in [2.45, 2.75) is 31.7 Å². The van der Waals surface area contributed by atoms with Crippen LogP contribution < -0.4 is 10.6 Å². The first-order chi connectivity index (χ1) is 11.2. The molecule has 1 aromatic rings. The van der Waals surface area contributed by atoms with Gasteiger partial charge in [-0.05, 0) is 58.1 Å². The average Bonchev–Trinajstić information content (AvgIpc) is 2.47. The van der Waals surface area contributed by atoms with Gasteiger partial charge < -0.3 is 15.5 Å². The third-order valence-corrected chi connectivity index (χ3v) is 4.73. The molecule has 0 atom stereocenters. The minimum absolute atomic E-state index is 0. The van der Waals surface area contributed by atoms with Gasteiger partial charge >= 0.3 is 0 Å². The van der Waals surface area contributed by atoms with E-state index in [1.807, 2.05) is 26.0 Å². The second-order valence-corrected chi connectivity index (χ2v) is 8.13. The fraction of sp³-hybridized carbons (Fsp3) is 0.588. The molecule has 0 spiro atoms. The topological polar surface area (TPSA) is 73.8 Å². The van der Waals surface area contributed by atoms with Crippen LogP contribution in [0.25, 0.3) is 0 Å². The lowest BCUT2D eigenvalue weighted by molar-refractivity contribution is 0.399. The van der Waals surface area contributed by atoms with E-state index in [2.05, 4.69) is 34.6 Å². The van der Waals surface area contributed by atoms with E-state index >= 15 is 0 Å². The summed E-state index contributed by atoms with van der Waals surface area (Å²) in [5.41, 5.74) is 1.75. The van der Waals surface area contributed by atoms with Crippen molar-refractivity contribution in [1.82, 2.24) is 15.5 Å². The van der Waals surface area contributed by atoms with Crippen molar-refractivity contribution in [2.24, 2.45) is 4.99 Å². The summed E-state index contributed by atoms with van der Waals surface area (Å²) >= 11 is 0. The van der Waals surface area contributed by atoms with E-state index < -0.39 is 9.84 Å². The molecule has 0 unspecified atom stereocenters. The number of nitrogens with one attached hydrogen (secondary N) is 2. The Hall–Kier alpha value is -0.870. The number of hydrogen-bond acceptors (Lipinski definition) is 4. The number of rotatable bonds is 8. The standard InChI is InChI=1S/C17H30N4O2S.HI/c1-6-18-17(19-10-7-11-21(3)4)20-13-15-8-9-16(14(2)12-15)24(5,22)23;/h8-9,12H,6-7,10-11,13H2,1-5H3,(H2,18,19,20);1H. The van der Waals surface area contributed by atoms with Gasteiger partial charge in [0.15, 0.2) is 15.8 Å². The third kappa shape index (κ3) is 9.41. The van der Waals surface area contributed by atoms with Gasteiger partial charge in [0.1, 0.15) is 0 Å². The fourth-order valence-corrected chi connectivity index (χ4v) is 3.30. The van der Waals surface area contributed by atoms with Crippen molar-refractivity contribution >= 4 is 39.8 Å². The molecule has 0 radical (unpaired) electrons. The van der Waals surface area contributed by atoms with E-state index in [0.717, 1.165) is 43.1 Å². The quantitative estimate of drug-likeness (QED) is 0.257. The first kappa shape index (κ1) is 24.1. The molecule has 0 aliphatic heterocycles. The highest BCUT2D eigenvalue weighted by Crippen LogP contribution is 2.17. The SMILES string of the molecule is CCNC(=NCc1ccc(S(C)(=O)=O)c(C)c1)NCCCN(C)C.I. The zero-order valence-electron chi connectivity index (χ0n) is 15.8. The fourth-order valence-electron chi connectivity index (χ4n) is 2.34. The van der Waals surface area contributed by atoms with Crippen LogP contribution in [0.15, 0.2) is 28.1 Å². The number of aliphatic imine (C=N–C) groups is 1. The number of nitrogens with zero attached hydrogens (tertiary/aromatic N) is 2. The molecule has 1 rings (SSSR count). The number of aryl methyl sites for hydroxylation is 1. The Bertz CT molecular complexity index is 661. The summed E-state index contributed by atoms with van der Waals surface area (Å²) in [6, 6.07) is 5.37. The lowest BCUT2D eigenvalue weighted by Gasteiger charge is -2.13. The van der Waals surface area contributed by atoms with Crippen LogP contribution in [0.3, 0.4) is 0 Å². The highest BCUT2D eigenvalue weighted by atomic mass is 127. The molecule has 0 saturated heterocycles. The number of benzene rings is 1. The maximum Gasteiger partial charge on any atom is 0.191 e. The maximum absolute atomic E-state index is 11.7. The first-order valence-corrected chi connectivity index (χ1v) is 10.1. The molecule has 0 aliphatic rings. The van der Waals surface area contributed by atoms with Gasteiger partial charge in [-0.3, -0.25) is 0 Å². The van der Waals surface area contributed by atoms with Crippen LogP contribution >= 0.6 is 24.0 Å². The van der Waals surface area contributed by atoms with E-state index in [0.29, 0.717) is 11.4 Å². The minimum atomic E-state index is -3.18. The van der Waals surface area contributed by atoms with Crippen LogP contribution in [0.4, 0.5) is 0 Å². The molecule has 0 aliphatic carbocycles. The molecule has 0 saturated carbocycles. The molecule has 8 heteroatoms. The number of sulfone groups is 1. The van der Waals surface area contributed by atoms with Gasteiger partial charge in [-0.2, -0.15) is 0 Å². The van der Waals surface area contributed by atoms with Crippen molar-refractivity contribution in [1.29, 1.82) is 0 Å². The highest BCUT2D eigenvalue weighted by molar-refractivity contribution is 14.0. The largest absolute Gasteiger partial charge is 0.357 e. The lowest BCUT2D eigenvalue weighted by Crippen LogP contribution is -2.38. The monoisotopic (exact) mass is 482 g/mol. The Balaban J connectivity index is 0.00000576. The van der Waals surface area contributed by atoms with Gasteiger partial charge in [0, 0.05) is 19.3 Å². The molecular weight excluding hydrogens is 451 g/mol. The van der Waals surface area contributed by atoms with Gasteiger partial charge in [0.2, 0.25) is 0 Å². The summed E-state index contributed by atoms with van der Waals surface area (Å²) in [5.74, 6) is 0.779. The normalized spacial score (nSPS) is 12.0. The molecule has 0 amide bonds. The average molecular weight is 482 g/mol. The molecule has 0 bridgehead atoms. The number of hydrogen-bond donors (Lipinski definition) is 2. The van der Waals surface area contributed by atoms with E-state index in [9.17, 15) is 8.42 Å². The zero-order chi connectivity index (χ0) is 18.2. The summed E-state index contributed by atoms with van der Waals surface area (Å²) in [4.78, 5) is 7.09. The van der Waals surface area contributed by atoms with Crippen molar-refractivity contribution in [2.75, 3.05) is 40.0 Å². The van der Waals surface area contributed by atoms with Crippen LogP contribution in [0.1, 0.15) is 24.5 Å². The van der Waals surface area contributed by atoms with Crippen molar-refractivity contribution in [3.8, 4) is 0 Å². The Morgan fingerprint density at radius 2 is 1.92 bits per heavy atom.